The van der Waals surface area contributed by atoms with Crippen molar-refractivity contribution in [3.63, 3.8) is 0 Å². The lowest BCUT2D eigenvalue weighted by molar-refractivity contribution is -0.114. The third-order valence-electron chi connectivity index (χ3n) is 3.72. The number of aryl methyl sites for hydroxylation is 1. The van der Waals surface area contributed by atoms with Gasteiger partial charge in [-0.25, -0.2) is 4.98 Å². The summed E-state index contributed by atoms with van der Waals surface area (Å²) in [6.45, 7) is 3.28. The van der Waals surface area contributed by atoms with E-state index >= 15 is 0 Å². The number of fused-ring (bicyclic) bond motifs is 1. The number of carbonyl (C=O) groups is 2. The van der Waals surface area contributed by atoms with Gasteiger partial charge in [0.1, 0.15) is 5.15 Å². The minimum absolute atomic E-state index is 0.0120. The zero-order chi connectivity index (χ0) is 18.8. The molecule has 0 aliphatic rings. The van der Waals surface area contributed by atoms with E-state index in [0.29, 0.717) is 22.3 Å². The molecule has 132 valence electrons. The highest BCUT2D eigenvalue weighted by molar-refractivity contribution is 6.39. The summed E-state index contributed by atoms with van der Waals surface area (Å²) in [6, 6.07) is 6.78. The second-order valence-electron chi connectivity index (χ2n) is 5.61. The van der Waals surface area contributed by atoms with Crippen molar-refractivity contribution in [2.45, 2.75) is 13.8 Å². The summed E-state index contributed by atoms with van der Waals surface area (Å²) in [5, 5.41) is 6.48. The summed E-state index contributed by atoms with van der Waals surface area (Å²) in [5.74, 6) is -0.687. The van der Waals surface area contributed by atoms with Crippen molar-refractivity contribution >= 4 is 57.3 Å². The number of halogens is 2. The topological polar surface area (TPSA) is 84.0 Å². The molecule has 6 nitrogen and oxygen atoms in total. The summed E-state index contributed by atoms with van der Waals surface area (Å²) < 4.78 is 0. The molecule has 0 bridgehead atoms. The fraction of sp³-hybridized carbons (Fsp3) is 0.111. The van der Waals surface area contributed by atoms with E-state index in [1.165, 1.54) is 19.2 Å². The van der Waals surface area contributed by atoms with Crippen LogP contribution in [0, 0.1) is 6.92 Å². The van der Waals surface area contributed by atoms with Crippen molar-refractivity contribution in [1.82, 2.24) is 9.97 Å². The molecule has 1 aromatic carbocycles. The molecule has 0 unspecified atom stereocenters. The lowest BCUT2D eigenvalue weighted by atomic mass is 10.1. The minimum atomic E-state index is -0.496. The quantitative estimate of drug-likeness (QED) is 0.648. The third kappa shape index (κ3) is 3.47. The Bertz CT molecular complexity index is 1020. The fourth-order valence-electron chi connectivity index (χ4n) is 2.57. The van der Waals surface area contributed by atoms with Crippen molar-refractivity contribution in [3.05, 3.63) is 58.0 Å². The number of benzene rings is 1. The molecule has 8 heteroatoms. The van der Waals surface area contributed by atoms with E-state index in [9.17, 15) is 9.59 Å². The van der Waals surface area contributed by atoms with Crippen LogP contribution in [0.15, 0.2) is 36.7 Å². The Hall–Kier alpha value is -2.70. The molecule has 3 rings (SSSR count). The molecule has 0 radical (unpaired) electrons. The van der Waals surface area contributed by atoms with Crippen LogP contribution in [0.2, 0.25) is 10.2 Å². The summed E-state index contributed by atoms with van der Waals surface area (Å²) in [5.41, 5.74) is 2.55. The summed E-state index contributed by atoms with van der Waals surface area (Å²) in [4.78, 5) is 32.4. The lowest BCUT2D eigenvalue weighted by Crippen LogP contribution is -2.14. The zero-order valence-corrected chi connectivity index (χ0v) is 15.4. The lowest BCUT2D eigenvalue weighted by Gasteiger charge is -2.14. The highest BCUT2D eigenvalue weighted by Gasteiger charge is 2.18. The monoisotopic (exact) mass is 388 g/mol. The van der Waals surface area contributed by atoms with Gasteiger partial charge < -0.3 is 10.6 Å². The van der Waals surface area contributed by atoms with Crippen LogP contribution in [0.1, 0.15) is 22.8 Å². The molecule has 0 aliphatic heterocycles. The highest BCUT2D eigenvalue weighted by Crippen LogP contribution is 2.31. The highest BCUT2D eigenvalue weighted by atomic mass is 35.5. The van der Waals surface area contributed by atoms with Gasteiger partial charge in [0.25, 0.3) is 5.91 Å². The maximum atomic E-state index is 12.6. The van der Waals surface area contributed by atoms with E-state index < -0.39 is 5.91 Å². The Morgan fingerprint density at radius 1 is 1.08 bits per heavy atom. The van der Waals surface area contributed by atoms with Crippen LogP contribution in [0.5, 0.6) is 0 Å². The second-order valence-corrected chi connectivity index (χ2v) is 6.38. The molecule has 0 saturated carbocycles. The second kappa shape index (κ2) is 7.27. The fourth-order valence-corrected chi connectivity index (χ4v) is 3.09. The van der Waals surface area contributed by atoms with Crippen LogP contribution in [0.4, 0.5) is 11.4 Å². The predicted octanol–water partition coefficient (Wildman–Crippen LogP) is 4.46. The van der Waals surface area contributed by atoms with Gasteiger partial charge in [-0.15, -0.1) is 0 Å². The Labute approximate surface area is 159 Å². The standard InChI is InChI=1S/C18H14Cl2N4O2/c1-9-8-22-16-11(15(9)23-10(2)25)4-3-5-13(16)24-18(26)14-12(19)6-7-21-17(14)20/h3-8H,1-2H3,(H,24,26)(H,22,23,25). The first-order valence-electron chi connectivity index (χ1n) is 7.65. The molecule has 2 amide bonds. The van der Waals surface area contributed by atoms with Gasteiger partial charge in [0.05, 0.1) is 27.5 Å². The third-order valence-corrected chi connectivity index (χ3v) is 4.32. The summed E-state index contributed by atoms with van der Waals surface area (Å²) in [7, 11) is 0. The van der Waals surface area contributed by atoms with E-state index in [2.05, 4.69) is 20.6 Å². The van der Waals surface area contributed by atoms with Gasteiger partial charge in [-0.2, -0.15) is 0 Å². The smallest absolute Gasteiger partial charge is 0.260 e. The molecule has 3 aromatic rings. The minimum Gasteiger partial charge on any atom is -0.325 e. The first-order valence-corrected chi connectivity index (χ1v) is 8.41. The Balaban J connectivity index is 2.06. The first kappa shape index (κ1) is 18.1. The molecular formula is C18H14Cl2N4O2. The van der Waals surface area contributed by atoms with Gasteiger partial charge in [-0.3, -0.25) is 14.6 Å². The normalized spacial score (nSPS) is 10.6. The summed E-state index contributed by atoms with van der Waals surface area (Å²) >= 11 is 12.1. The van der Waals surface area contributed by atoms with Crippen molar-refractivity contribution in [2.75, 3.05) is 10.6 Å². The van der Waals surface area contributed by atoms with E-state index in [0.717, 1.165) is 5.56 Å². The van der Waals surface area contributed by atoms with Gasteiger partial charge in [0, 0.05) is 24.7 Å². The predicted molar refractivity (Wildman–Crippen MR) is 103 cm³/mol. The maximum absolute atomic E-state index is 12.6. The molecule has 2 aromatic heterocycles. The van der Waals surface area contributed by atoms with E-state index in [4.69, 9.17) is 23.2 Å². The van der Waals surface area contributed by atoms with E-state index in [1.54, 1.807) is 18.3 Å². The van der Waals surface area contributed by atoms with Crippen molar-refractivity contribution < 1.29 is 9.59 Å². The number of nitrogens with zero attached hydrogens (tertiary/aromatic N) is 2. The molecule has 0 fully saturated rings. The number of anilines is 2. The summed E-state index contributed by atoms with van der Waals surface area (Å²) in [6.07, 6.45) is 3.05. The largest absolute Gasteiger partial charge is 0.325 e. The van der Waals surface area contributed by atoms with Crippen LogP contribution in [0.25, 0.3) is 10.9 Å². The van der Waals surface area contributed by atoms with Gasteiger partial charge in [-0.05, 0) is 24.6 Å². The van der Waals surface area contributed by atoms with Crippen LogP contribution in [0.3, 0.4) is 0 Å². The number of hydrogen-bond acceptors (Lipinski definition) is 4. The molecule has 0 saturated heterocycles. The van der Waals surface area contributed by atoms with Crippen molar-refractivity contribution in [2.24, 2.45) is 0 Å². The number of aromatic nitrogens is 2. The molecule has 26 heavy (non-hydrogen) atoms. The molecule has 0 spiro atoms. The molecule has 2 N–H and O–H groups in total. The van der Waals surface area contributed by atoms with Crippen LogP contribution in [-0.2, 0) is 4.79 Å². The maximum Gasteiger partial charge on any atom is 0.260 e. The number of amides is 2. The average molecular weight is 389 g/mol. The van der Waals surface area contributed by atoms with Crippen LogP contribution >= 0.6 is 23.2 Å². The van der Waals surface area contributed by atoms with Gasteiger partial charge in [-0.1, -0.05) is 35.3 Å². The van der Waals surface area contributed by atoms with Crippen molar-refractivity contribution in [1.29, 1.82) is 0 Å². The number of para-hydroxylation sites is 1. The van der Waals surface area contributed by atoms with E-state index in [1.807, 2.05) is 13.0 Å². The first-order chi connectivity index (χ1) is 12.4. The number of nitrogens with one attached hydrogen (secondary N) is 2. The van der Waals surface area contributed by atoms with Gasteiger partial charge in [0.2, 0.25) is 5.91 Å². The molecule has 2 heterocycles. The van der Waals surface area contributed by atoms with Gasteiger partial charge in [0.15, 0.2) is 0 Å². The number of pyridine rings is 2. The number of hydrogen-bond donors (Lipinski definition) is 2. The molecular weight excluding hydrogens is 375 g/mol. The number of carbonyl (C=O) groups excluding carboxylic acids is 2. The molecule has 0 atom stereocenters. The zero-order valence-electron chi connectivity index (χ0n) is 13.9. The van der Waals surface area contributed by atoms with Crippen LogP contribution < -0.4 is 10.6 Å². The SMILES string of the molecule is CC(=O)Nc1c(C)cnc2c(NC(=O)c3c(Cl)ccnc3Cl)cccc12. The average Bonchev–Trinajstić information content (AvgIpc) is 2.57. The van der Waals surface area contributed by atoms with E-state index in [-0.39, 0.29) is 21.6 Å². The Kier molecular flexibility index (Phi) is 5.06. The van der Waals surface area contributed by atoms with Gasteiger partial charge >= 0.3 is 0 Å². The Morgan fingerprint density at radius 2 is 1.85 bits per heavy atom. The molecule has 0 aliphatic carbocycles. The Morgan fingerprint density at radius 3 is 2.54 bits per heavy atom. The van der Waals surface area contributed by atoms with Crippen molar-refractivity contribution in [3.8, 4) is 0 Å². The van der Waals surface area contributed by atoms with Crippen LogP contribution in [-0.4, -0.2) is 21.8 Å². The number of rotatable bonds is 3.